The minimum absolute atomic E-state index is 0.154. The van der Waals surface area contributed by atoms with Crippen molar-refractivity contribution < 1.29 is 57.1 Å². The molecule has 1 aromatic rings. The van der Waals surface area contributed by atoms with E-state index in [1.54, 1.807) is 0 Å². The maximum atomic E-state index is 13.8. The van der Waals surface area contributed by atoms with E-state index < -0.39 is 53.5 Å². The van der Waals surface area contributed by atoms with Gasteiger partial charge in [0, 0.05) is 6.08 Å². The summed E-state index contributed by atoms with van der Waals surface area (Å²) >= 11 is 0. The lowest BCUT2D eigenvalue weighted by molar-refractivity contribution is -0.391. The normalized spacial score (nSPS) is 15.0. The van der Waals surface area contributed by atoms with E-state index in [1.165, 1.54) is 0 Å². The third kappa shape index (κ3) is 3.86. The van der Waals surface area contributed by atoms with E-state index in [2.05, 4.69) is 0 Å². The second-order valence-corrected chi connectivity index (χ2v) is 5.16. The van der Waals surface area contributed by atoms with Gasteiger partial charge in [0.2, 0.25) is 0 Å². The molecule has 0 amide bonds. The molecule has 0 heterocycles. The smallest absolute Gasteiger partial charge is 0.235 e. The Labute approximate surface area is 142 Å². The topological polar surface area (TPSA) is 0 Å². The van der Waals surface area contributed by atoms with Crippen LogP contribution in [0.25, 0.3) is 6.08 Å². The monoisotopic (exact) mass is 422 g/mol. The summed E-state index contributed by atoms with van der Waals surface area (Å²) in [6, 6.07) is 1.49. The second-order valence-electron chi connectivity index (χ2n) is 5.16. The Bertz CT molecular complexity index is 671. The van der Waals surface area contributed by atoms with Crippen LogP contribution < -0.4 is 0 Å². The highest BCUT2D eigenvalue weighted by atomic mass is 19.4. The molecule has 0 saturated heterocycles. The zero-order valence-corrected chi connectivity index (χ0v) is 12.5. The fourth-order valence-electron chi connectivity index (χ4n) is 1.81. The van der Waals surface area contributed by atoms with E-state index in [4.69, 9.17) is 0 Å². The van der Waals surface area contributed by atoms with Gasteiger partial charge in [-0.1, -0.05) is 24.3 Å². The van der Waals surface area contributed by atoms with Gasteiger partial charge in [0.1, 0.15) is 0 Å². The Kier molecular flexibility index (Phi) is 6.18. The second kappa shape index (κ2) is 7.23. The van der Waals surface area contributed by atoms with E-state index in [0.29, 0.717) is 12.1 Å². The summed E-state index contributed by atoms with van der Waals surface area (Å²) in [5.41, 5.74) is -1.89. The van der Waals surface area contributed by atoms with Gasteiger partial charge in [-0.25, -0.2) is 13.2 Å². The summed E-state index contributed by atoms with van der Waals surface area (Å²) < 4.78 is 167. The molecule has 0 N–H and O–H groups in total. The third-order valence-electron chi connectivity index (χ3n) is 3.33. The first-order valence-corrected chi connectivity index (χ1v) is 6.56. The van der Waals surface area contributed by atoms with E-state index in [9.17, 15) is 57.1 Å². The number of hydrogen-bond acceptors (Lipinski definition) is 0. The SMILES string of the molecule is FC(F)=Cc1ccc(C(F)C(F)(F)C(F)(F)C(F)(F)C(F)(F)C(F)F)cc1. The van der Waals surface area contributed by atoms with Crippen LogP contribution in [0.1, 0.15) is 17.3 Å². The van der Waals surface area contributed by atoms with Crippen LogP contribution >= 0.6 is 0 Å². The number of rotatable bonds is 7. The quantitative estimate of drug-likeness (QED) is 0.427. The van der Waals surface area contributed by atoms with Crippen molar-refractivity contribution >= 4 is 6.08 Å². The first-order chi connectivity index (χ1) is 12.0. The molecule has 0 nitrogen and oxygen atoms in total. The van der Waals surface area contributed by atoms with Crippen LogP contribution in [0.4, 0.5) is 57.1 Å². The fraction of sp³-hybridized carbons (Fsp3) is 0.429. The van der Waals surface area contributed by atoms with E-state index in [1.807, 2.05) is 0 Å². The van der Waals surface area contributed by atoms with Gasteiger partial charge in [0.05, 0.1) is 0 Å². The molecule has 27 heavy (non-hydrogen) atoms. The number of benzene rings is 1. The van der Waals surface area contributed by atoms with Gasteiger partial charge in [-0.2, -0.15) is 43.9 Å². The summed E-state index contributed by atoms with van der Waals surface area (Å²) in [7, 11) is 0. The summed E-state index contributed by atoms with van der Waals surface area (Å²) in [4.78, 5) is 0. The molecule has 0 fully saturated rings. The lowest BCUT2D eigenvalue weighted by atomic mass is 9.92. The molecule has 13 heteroatoms. The van der Waals surface area contributed by atoms with Gasteiger partial charge in [-0.3, -0.25) is 0 Å². The Morgan fingerprint density at radius 1 is 0.704 bits per heavy atom. The van der Waals surface area contributed by atoms with Crippen molar-refractivity contribution in [2.75, 3.05) is 0 Å². The van der Waals surface area contributed by atoms with Crippen LogP contribution in [-0.4, -0.2) is 30.1 Å². The molecule has 0 aliphatic heterocycles. The van der Waals surface area contributed by atoms with E-state index >= 15 is 0 Å². The summed E-state index contributed by atoms with van der Waals surface area (Å²) in [6.07, 6.45) is -11.9. The molecule has 0 aliphatic carbocycles. The first-order valence-electron chi connectivity index (χ1n) is 6.56. The van der Waals surface area contributed by atoms with Crippen molar-refractivity contribution in [2.45, 2.75) is 36.3 Å². The molecule has 0 aromatic heterocycles. The molecule has 0 radical (unpaired) electrons. The van der Waals surface area contributed by atoms with Gasteiger partial charge in [-0.05, 0) is 11.1 Å². The Balaban J connectivity index is 3.32. The van der Waals surface area contributed by atoms with E-state index in [0.717, 1.165) is 0 Å². The molecule has 154 valence electrons. The average Bonchev–Trinajstić information content (AvgIpc) is 2.53. The Morgan fingerprint density at radius 3 is 1.48 bits per heavy atom. The maximum Gasteiger partial charge on any atom is 0.384 e. The van der Waals surface area contributed by atoms with Crippen LogP contribution in [0.15, 0.2) is 30.3 Å². The Hall–Kier alpha value is -1.95. The van der Waals surface area contributed by atoms with Crippen LogP contribution in [0.3, 0.4) is 0 Å². The zero-order valence-electron chi connectivity index (χ0n) is 12.5. The number of hydrogen-bond donors (Lipinski definition) is 0. The van der Waals surface area contributed by atoms with Crippen LogP contribution in [0, 0.1) is 0 Å². The minimum Gasteiger partial charge on any atom is -0.235 e. The molecule has 1 atom stereocenters. The summed E-state index contributed by atoms with van der Waals surface area (Å²) in [5.74, 6) is -28.0. The van der Waals surface area contributed by atoms with Crippen LogP contribution in [0.2, 0.25) is 0 Å². The molecule has 1 aromatic carbocycles. The van der Waals surface area contributed by atoms with Gasteiger partial charge in [0.15, 0.2) is 6.17 Å². The zero-order chi connectivity index (χ0) is 21.4. The van der Waals surface area contributed by atoms with Crippen molar-refractivity contribution in [3.8, 4) is 0 Å². The highest BCUT2D eigenvalue weighted by Gasteiger charge is 2.84. The van der Waals surface area contributed by atoms with Crippen molar-refractivity contribution in [1.29, 1.82) is 0 Å². The molecule has 0 spiro atoms. The van der Waals surface area contributed by atoms with Crippen molar-refractivity contribution in [2.24, 2.45) is 0 Å². The van der Waals surface area contributed by atoms with Gasteiger partial charge in [-0.15, -0.1) is 0 Å². The molecular formula is C14H7F13. The molecule has 1 unspecified atom stereocenters. The minimum atomic E-state index is -7.32. The fourth-order valence-corrected chi connectivity index (χ4v) is 1.81. The average molecular weight is 422 g/mol. The lowest BCUT2D eigenvalue weighted by Gasteiger charge is -2.37. The third-order valence-corrected chi connectivity index (χ3v) is 3.33. The summed E-state index contributed by atoms with van der Waals surface area (Å²) in [5, 5.41) is 0. The maximum absolute atomic E-state index is 13.8. The number of alkyl halides is 11. The summed E-state index contributed by atoms with van der Waals surface area (Å²) in [6.45, 7) is 0. The Morgan fingerprint density at radius 2 is 1.11 bits per heavy atom. The predicted molar refractivity (Wildman–Crippen MR) is 66.3 cm³/mol. The van der Waals surface area contributed by atoms with Crippen molar-refractivity contribution in [1.82, 2.24) is 0 Å². The van der Waals surface area contributed by atoms with Crippen LogP contribution in [0.5, 0.6) is 0 Å². The van der Waals surface area contributed by atoms with Crippen molar-refractivity contribution in [3.05, 3.63) is 41.5 Å². The first kappa shape index (κ1) is 23.1. The van der Waals surface area contributed by atoms with Crippen LogP contribution in [-0.2, 0) is 0 Å². The molecular weight excluding hydrogens is 415 g/mol. The molecule has 0 aliphatic rings. The highest BCUT2D eigenvalue weighted by molar-refractivity contribution is 5.50. The number of halogens is 13. The van der Waals surface area contributed by atoms with Gasteiger partial charge in [0.25, 0.3) is 6.08 Å². The van der Waals surface area contributed by atoms with Crippen molar-refractivity contribution in [3.63, 3.8) is 0 Å². The largest absolute Gasteiger partial charge is 0.384 e. The van der Waals surface area contributed by atoms with Gasteiger partial charge >= 0.3 is 30.1 Å². The van der Waals surface area contributed by atoms with Gasteiger partial charge < -0.3 is 0 Å². The standard InChI is InChI=1S/C14H7F13/c15-8(16)5-6-1-3-7(4-2-6)9(17)11(20,21)13(24,25)14(26,27)12(22,23)10(18)19/h1-5,9-10H. The van der Waals surface area contributed by atoms with E-state index in [-0.39, 0.29) is 18.2 Å². The molecule has 0 saturated carbocycles. The lowest BCUT2D eigenvalue weighted by Crippen LogP contribution is -2.65. The molecule has 1 rings (SSSR count). The molecule has 0 bridgehead atoms. The highest BCUT2D eigenvalue weighted by Crippen LogP contribution is 2.58. The predicted octanol–water partition coefficient (Wildman–Crippen LogP) is 6.74.